The van der Waals surface area contributed by atoms with Gasteiger partial charge in [-0.3, -0.25) is 0 Å². The van der Waals surface area contributed by atoms with E-state index in [-0.39, 0.29) is 17.9 Å². The fourth-order valence-electron chi connectivity index (χ4n) is 1.73. The maximum Gasteiger partial charge on any atom is 0.123 e. The van der Waals surface area contributed by atoms with Crippen molar-refractivity contribution in [3.05, 3.63) is 35.6 Å². The maximum atomic E-state index is 12.7. The Morgan fingerprint density at radius 3 is 2.07 bits per heavy atom. The molecule has 0 radical (unpaired) electrons. The highest BCUT2D eigenvalue weighted by Crippen LogP contribution is 2.20. The number of hydrogen-bond donors (Lipinski definition) is 1. The van der Waals surface area contributed by atoms with Crippen LogP contribution in [0.25, 0.3) is 0 Å². The van der Waals surface area contributed by atoms with Gasteiger partial charge in [0.25, 0.3) is 0 Å². The Balaban J connectivity index is 2.94. The van der Waals surface area contributed by atoms with Crippen molar-refractivity contribution in [1.29, 1.82) is 0 Å². The zero-order valence-corrected chi connectivity index (χ0v) is 8.87. The third kappa shape index (κ3) is 2.53. The lowest BCUT2D eigenvalue weighted by atomic mass is 10.0. The monoisotopic (exact) mass is 196 g/mol. The summed E-state index contributed by atoms with van der Waals surface area (Å²) in [6.45, 7) is 1.95. The molecule has 0 spiro atoms. The first-order chi connectivity index (χ1) is 6.52. The topological polar surface area (TPSA) is 29.3 Å². The Hall–Kier alpha value is -0.930. The van der Waals surface area contributed by atoms with Gasteiger partial charge in [-0.25, -0.2) is 4.39 Å². The summed E-state index contributed by atoms with van der Waals surface area (Å²) in [6, 6.07) is 6.65. The third-order valence-corrected chi connectivity index (χ3v) is 2.27. The molecule has 0 bridgehead atoms. The van der Waals surface area contributed by atoms with Crippen molar-refractivity contribution in [2.45, 2.75) is 19.0 Å². The van der Waals surface area contributed by atoms with Crippen molar-refractivity contribution in [2.24, 2.45) is 5.73 Å². The van der Waals surface area contributed by atoms with Crippen LogP contribution < -0.4 is 5.73 Å². The van der Waals surface area contributed by atoms with Crippen LogP contribution >= 0.6 is 0 Å². The first-order valence-corrected chi connectivity index (χ1v) is 4.70. The molecule has 1 aromatic carbocycles. The molecule has 0 aliphatic rings. The molecule has 2 atom stereocenters. The summed E-state index contributed by atoms with van der Waals surface area (Å²) in [7, 11) is 3.94. The molecule has 0 aromatic heterocycles. The number of rotatable bonds is 3. The lowest BCUT2D eigenvalue weighted by Crippen LogP contribution is -2.34. The van der Waals surface area contributed by atoms with Crippen molar-refractivity contribution in [3.63, 3.8) is 0 Å². The van der Waals surface area contributed by atoms with Gasteiger partial charge in [0.05, 0.1) is 0 Å². The van der Waals surface area contributed by atoms with Crippen LogP contribution in [-0.4, -0.2) is 25.0 Å². The van der Waals surface area contributed by atoms with Crippen LogP contribution in [0.4, 0.5) is 4.39 Å². The average molecular weight is 196 g/mol. The number of halogens is 1. The smallest absolute Gasteiger partial charge is 0.123 e. The second kappa shape index (κ2) is 4.53. The summed E-state index contributed by atoms with van der Waals surface area (Å²) in [5.74, 6) is -0.212. The van der Waals surface area contributed by atoms with Crippen LogP contribution in [-0.2, 0) is 0 Å². The van der Waals surface area contributed by atoms with Gasteiger partial charge in [-0.15, -0.1) is 0 Å². The summed E-state index contributed by atoms with van der Waals surface area (Å²) in [4.78, 5) is 2.04. The molecular weight excluding hydrogens is 179 g/mol. The van der Waals surface area contributed by atoms with Gasteiger partial charge < -0.3 is 10.6 Å². The van der Waals surface area contributed by atoms with Crippen LogP contribution in [0, 0.1) is 5.82 Å². The van der Waals surface area contributed by atoms with E-state index in [2.05, 4.69) is 0 Å². The van der Waals surface area contributed by atoms with Gasteiger partial charge in [-0.2, -0.15) is 0 Å². The molecule has 2 N–H and O–H groups in total. The van der Waals surface area contributed by atoms with Crippen LogP contribution in [0.5, 0.6) is 0 Å². The predicted molar refractivity (Wildman–Crippen MR) is 56.5 cm³/mol. The minimum absolute atomic E-state index is 0.0236. The number of hydrogen-bond acceptors (Lipinski definition) is 2. The number of nitrogens with zero attached hydrogens (tertiary/aromatic N) is 1. The highest BCUT2D eigenvalue weighted by atomic mass is 19.1. The third-order valence-electron chi connectivity index (χ3n) is 2.27. The van der Waals surface area contributed by atoms with E-state index in [0.29, 0.717) is 0 Å². The quantitative estimate of drug-likeness (QED) is 0.798. The first-order valence-electron chi connectivity index (χ1n) is 4.70. The normalized spacial score (nSPS) is 15.6. The molecule has 2 unspecified atom stereocenters. The van der Waals surface area contributed by atoms with Gasteiger partial charge >= 0.3 is 0 Å². The van der Waals surface area contributed by atoms with Gasteiger partial charge in [0, 0.05) is 12.1 Å². The second-order valence-electron chi connectivity index (χ2n) is 3.82. The van der Waals surface area contributed by atoms with E-state index in [4.69, 9.17) is 5.73 Å². The molecule has 1 rings (SSSR count). The molecule has 1 aromatic rings. The summed E-state index contributed by atoms with van der Waals surface area (Å²) in [5, 5.41) is 0. The molecule has 3 heteroatoms. The van der Waals surface area contributed by atoms with Crippen LogP contribution in [0.15, 0.2) is 24.3 Å². The zero-order chi connectivity index (χ0) is 10.7. The molecule has 14 heavy (non-hydrogen) atoms. The minimum atomic E-state index is -0.212. The van der Waals surface area contributed by atoms with E-state index in [9.17, 15) is 4.39 Å². The zero-order valence-electron chi connectivity index (χ0n) is 8.87. The van der Waals surface area contributed by atoms with Crippen LogP contribution in [0.1, 0.15) is 18.5 Å². The lowest BCUT2D eigenvalue weighted by Gasteiger charge is -2.28. The Bertz CT molecular complexity index is 272. The molecule has 0 amide bonds. The van der Waals surface area contributed by atoms with Gasteiger partial charge in [0.1, 0.15) is 5.82 Å². The highest BCUT2D eigenvalue weighted by molar-refractivity contribution is 5.21. The van der Waals surface area contributed by atoms with Gasteiger partial charge in [0.2, 0.25) is 0 Å². The highest BCUT2D eigenvalue weighted by Gasteiger charge is 2.17. The standard InChI is InChI=1S/C11H17FN2/c1-8(13)11(14(2)3)9-4-6-10(12)7-5-9/h4-8,11H,13H2,1-3H3. The first kappa shape index (κ1) is 11.1. The summed E-state index contributed by atoms with van der Waals surface area (Å²) in [5.41, 5.74) is 6.92. The molecular formula is C11H17FN2. The minimum Gasteiger partial charge on any atom is -0.326 e. The second-order valence-corrected chi connectivity index (χ2v) is 3.82. The van der Waals surface area contributed by atoms with Crippen molar-refractivity contribution < 1.29 is 4.39 Å². The molecule has 0 heterocycles. The van der Waals surface area contributed by atoms with E-state index in [1.807, 2.05) is 25.9 Å². The van der Waals surface area contributed by atoms with Gasteiger partial charge in [-0.1, -0.05) is 12.1 Å². The fraction of sp³-hybridized carbons (Fsp3) is 0.455. The predicted octanol–water partition coefficient (Wildman–Crippen LogP) is 1.78. The molecule has 2 nitrogen and oxygen atoms in total. The van der Waals surface area contributed by atoms with Crippen molar-refractivity contribution >= 4 is 0 Å². The molecule has 0 saturated carbocycles. The Morgan fingerprint density at radius 1 is 1.21 bits per heavy atom. The number of nitrogens with two attached hydrogens (primary N) is 1. The SMILES string of the molecule is CC(N)C(c1ccc(F)cc1)N(C)C. The fourth-order valence-corrected chi connectivity index (χ4v) is 1.73. The molecule has 0 saturated heterocycles. The lowest BCUT2D eigenvalue weighted by molar-refractivity contribution is 0.266. The maximum absolute atomic E-state index is 12.7. The molecule has 0 aliphatic heterocycles. The van der Waals surface area contributed by atoms with E-state index in [1.165, 1.54) is 12.1 Å². The van der Waals surface area contributed by atoms with E-state index in [1.54, 1.807) is 12.1 Å². The summed E-state index contributed by atoms with van der Waals surface area (Å²) >= 11 is 0. The van der Waals surface area contributed by atoms with Crippen molar-refractivity contribution in [2.75, 3.05) is 14.1 Å². The van der Waals surface area contributed by atoms with E-state index < -0.39 is 0 Å². The Labute approximate surface area is 84.5 Å². The largest absolute Gasteiger partial charge is 0.326 e. The van der Waals surface area contributed by atoms with E-state index >= 15 is 0 Å². The van der Waals surface area contributed by atoms with Gasteiger partial charge in [0.15, 0.2) is 0 Å². The Kier molecular flexibility index (Phi) is 3.61. The average Bonchev–Trinajstić information content (AvgIpc) is 2.07. The Morgan fingerprint density at radius 2 is 1.71 bits per heavy atom. The van der Waals surface area contributed by atoms with Crippen LogP contribution in [0.2, 0.25) is 0 Å². The van der Waals surface area contributed by atoms with E-state index in [0.717, 1.165) is 5.56 Å². The molecule has 78 valence electrons. The van der Waals surface area contributed by atoms with Crippen LogP contribution in [0.3, 0.4) is 0 Å². The van der Waals surface area contributed by atoms with Gasteiger partial charge in [-0.05, 0) is 38.7 Å². The number of likely N-dealkylation sites (N-methyl/N-ethyl adjacent to an activating group) is 1. The van der Waals surface area contributed by atoms with Crippen molar-refractivity contribution in [3.8, 4) is 0 Å². The molecule has 0 fully saturated rings. The molecule has 0 aliphatic carbocycles. The van der Waals surface area contributed by atoms with Crippen molar-refractivity contribution in [1.82, 2.24) is 4.90 Å². The summed E-state index contributed by atoms with van der Waals surface area (Å²) < 4.78 is 12.7. The number of benzene rings is 1. The summed E-state index contributed by atoms with van der Waals surface area (Å²) in [6.07, 6.45) is 0.